The van der Waals surface area contributed by atoms with Gasteiger partial charge in [0.2, 0.25) is 0 Å². The Morgan fingerprint density at radius 3 is 2.64 bits per heavy atom. The van der Waals surface area contributed by atoms with Gasteiger partial charge in [0.25, 0.3) is 0 Å². The van der Waals surface area contributed by atoms with Crippen molar-refractivity contribution in [1.82, 2.24) is 10.3 Å². The quantitative estimate of drug-likeness (QED) is 0.679. The van der Waals surface area contributed by atoms with Crippen LogP contribution < -0.4 is 10.6 Å². The molecule has 0 aliphatic rings. The van der Waals surface area contributed by atoms with Crippen molar-refractivity contribution >= 4 is 28.5 Å². The Labute approximate surface area is 144 Å². The molecule has 0 bridgehead atoms. The molecule has 2 rings (SSSR count). The number of nitrogens with one attached hydrogen (secondary N) is 2. The molecule has 2 aromatic rings. The van der Waals surface area contributed by atoms with Gasteiger partial charge in [0, 0.05) is 17.8 Å². The second kappa shape index (κ2) is 7.97. The lowest BCUT2D eigenvalue weighted by atomic mass is 10.1. The molecular weight excluding hydrogens is 359 g/mol. The SMILES string of the molecule is Cc1nc(NC(=O)NCCC(=O)O)sc1Cc1ccc(F)c(F)c1F. The number of hydrogen-bond acceptors (Lipinski definition) is 4. The predicted octanol–water partition coefficient (Wildman–Crippen LogP) is 3.06. The fourth-order valence-corrected chi connectivity index (χ4v) is 2.93. The monoisotopic (exact) mass is 373 g/mol. The Hall–Kier alpha value is -2.62. The van der Waals surface area contributed by atoms with Gasteiger partial charge in [0.1, 0.15) is 0 Å². The van der Waals surface area contributed by atoms with E-state index in [0.717, 1.165) is 23.5 Å². The maximum absolute atomic E-state index is 13.7. The van der Waals surface area contributed by atoms with Crippen LogP contribution >= 0.6 is 11.3 Å². The average molecular weight is 373 g/mol. The Balaban J connectivity index is 2.04. The van der Waals surface area contributed by atoms with E-state index in [-0.39, 0.29) is 30.1 Å². The highest BCUT2D eigenvalue weighted by Gasteiger charge is 2.17. The van der Waals surface area contributed by atoms with Gasteiger partial charge in [-0.1, -0.05) is 6.07 Å². The molecule has 0 saturated heterocycles. The molecule has 1 aromatic carbocycles. The minimum Gasteiger partial charge on any atom is -0.481 e. The predicted molar refractivity (Wildman–Crippen MR) is 85.2 cm³/mol. The molecule has 134 valence electrons. The van der Waals surface area contributed by atoms with Crippen LogP contribution in [-0.4, -0.2) is 28.6 Å². The molecule has 25 heavy (non-hydrogen) atoms. The Bertz CT molecular complexity index is 811. The van der Waals surface area contributed by atoms with Gasteiger partial charge in [-0.3, -0.25) is 10.1 Å². The van der Waals surface area contributed by atoms with Crippen LogP contribution in [0.3, 0.4) is 0 Å². The third-order valence-electron chi connectivity index (χ3n) is 3.20. The Kier molecular flexibility index (Phi) is 5.97. The lowest BCUT2D eigenvalue weighted by Gasteiger charge is -2.04. The number of urea groups is 1. The zero-order valence-electron chi connectivity index (χ0n) is 13.0. The summed E-state index contributed by atoms with van der Waals surface area (Å²) in [5, 5.41) is 13.5. The third-order valence-corrected chi connectivity index (χ3v) is 4.28. The highest BCUT2D eigenvalue weighted by Crippen LogP contribution is 2.27. The van der Waals surface area contributed by atoms with Crippen molar-refractivity contribution < 1.29 is 27.9 Å². The molecule has 0 radical (unpaired) electrons. The molecule has 0 unspecified atom stereocenters. The molecule has 3 N–H and O–H groups in total. The van der Waals surface area contributed by atoms with Crippen LogP contribution in [0.5, 0.6) is 0 Å². The van der Waals surface area contributed by atoms with Gasteiger partial charge >= 0.3 is 12.0 Å². The molecule has 0 atom stereocenters. The van der Waals surface area contributed by atoms with Crippen LogP contribution in [0, 0.1) is 24.4 Å². The van der Waals surface area contributed by atoms with Gasteiger partial charge in [-0.15, -0.1) is 11.3 Å². The van der Waals surface area contributed by atoms with Crippen LogP contribution in [0.1, 0.15) is 22.6 Å². The number of nitrogens with zero attached hydrogens (tertiary/aromatic N) is 1. The summed E-state index contributed by atoms with van der Waals surface area (Å²) >= 11 is 1.06. The van der Waals surface area contributed by atoms with E-state index >= 15 is 0 Å². The summed E-state index contributed by atoms with van der Waals surface area (Å²) in [4.78, 5) is 26.7. The van der Waals surface area contributed by atoms with Crippen molar-refractivity contribution in [3.63, 3.8) is 0 Å². The van der Waals surface area contributed by atoms with Gasteiger partial charge in [-0.05, 0) is 18.6 Å². The van der Waals surface area contributed by atoms with E-state index in [0.29, 0.717) is 10.6 Å². The van der Waals surface area contributed by atoms with E-state index in [9.17, 15) is 22.8 Å². The summed E-state index contributed by atoms with van der Waals surface area (Å²) in [5.41, 5.74) is 0.484. The highest BCUT2D eigenvalue weighted by atomic mass is 32.1. The number of aromatic nitrogens is 1. The summed E-state index contributed by atoms with van der Waals surface area (Å²) in [6, 6.07) is 1.37. The van der Waals surface area contributed by atoms with Gasteiger partial charge < -0.3 is 10.4 Å². The minimum absolute atomic E-state index is 0.00511. The van der Waals surface area contributed by atoms with Crippen molar-refractivity contribution in [2.24, 2.45) is 0 Å². The first-order valence-electron chi connectivity index (χ1n) is 7.13. The second-order valence-corrected chi connectivity index (χ2v) is 6.15. The number of aryl methyl sites for hydroxylation is 1. The molecular formula is C15H14F3N3O3S. The summed E-state index contributed by atoms with van der Waals surface area (Å²) in [6.07, 6.45) is -0.222. The lowest BCUT2D eigenvalue weighted by Crippen LogP contribution is -2.30. The molecule has 0 aliphatic heterocycles. The number of thiazole rings is 1. The summed E-state index contributed by atoms with van der Waals surface area (Å²) in [6.45, 7) is 1.59. The number of halogens is 3. The number of hydrogen-bond donors (Lipinski definition) is 3. The maximum Gasteiger partial charge on any atom is 0.321 e. The van der Waals surface area contributed by atoms with E-state index in [1.54, 1.807) is 6.92 Å². The summed E-state index contributed by atoms with van der Waals surface area (Å²) in [5.74, 6) is -5.09. The molecule has 0 aliphatic carbocycles. The first-order chi connectivity index (χ1) is 11.8. The van der Waals surface area contributed by atoms with Crippen LogP contribution in [-0.2, 0) is 11.2 Å². The highest BCUT2D eigenvalue weighted by molar-refractivity contribution is 7.15. The van der Waals surface area contributed by atoms with E-state index in [2.05, 4.69) is 15.6 Å². The minimum atomic E-state index is -1.53. The normalized spacial score (nSPS) is 10.6. The molecule has 10 heteroatoms. The number of benzene rings is 1. The molecule has 6 nitrogen and oxygen atoms in total. The topological polar surface area (TPSA) is 91.3 Å². The second-order valence-electron chi connectivity index (χ2n) is 5.06. The van der Waals surface area contributed by atoms with Crippen molar-refractivity contribution in [2.45, 2.75) is 19.8 Å². The van der Waals surface area contributed by atoms with Gasteiger partial charge in [-0.25, -0.2) is 22.9 Å². The first kappa shape index (κ1) is 18.7. The van der Waals surface area contributed by atoms with Crippen LogP contribution in [0.4, 0.5) is 23.1 Å². The van der Waals surface area contributed by atoms with Crippen molar-refractivity contribution in [3.05, 3.63) is 45.7 Å². The van der Waals surface area contributed by atoms with Crippen LogP contribution in [0.15, 0.2) is 12.1 Å². The number of aliphatic carboxylic acids is 1. The average Bonchev–Trinajstić information content (AvgIpc) is 2.87. The number of anilines is 1. The number of carbonyl (C=O) groups is 2. The van der Waals surface area contributed by atoms with E-state index < -0.39 is 29.5 Å². The van der Waals surface area contributed by atoms with Gasteiger partial charge in [0.05, 0.1) is 12.1 Å². The smallest absolute Gasteiger partial charge is 0.321 e. The fourth-order valence-electron chi connectivity index (χ4n) is 1.95. The lowest BCUT2D eigenvalue weighted by molar-refractivity contribution is -0.136. The van der Waals surface area contributed by atoms with E-state index in [1.165, 1.54) is 0 Å². The van der Waals surface area contributed by atoms with Gasteiger partial charge in [0.15, 0.2) is 22.6 Å². The third kappa shape index (κ3) is 4.92. The zero-order chi connectivity index (χ0) is 18.6. The maximum atomic E-state index is 13.7. The number of amides is 2. The first-order valence-corrected chi connectivity index (χ1v) is 7.95. The van der Waals surface area contributed by atoms with Crippen LogP contribution in [0.25, 0.3) is 0 Å². The van der Waals surface area contributed by atoms with E-state index in [1.807, 2.05) is 0 Å². The number of carbonyl (C=O) groups excluding carboxylic acids is 1. The molecule has 1 aromatic heterocycles. The number of carboxylic acid groups (broad SMARTS) is 1. The standard InChI is InChI=1S/C15H14F3N3O3S/c1-7-10(6-8-2-3-9(16)13(18)12(8)17)25-15(20-7)21-14(24)19-5-4-11(22)23/h2-3H,4-6H2,1H3,(H,22,23)(H2,19,20,21,24). The Morgan fingerprint density at radius 1 is 1.24 bits per heavy atom. The van der Waals surface area contributed by atoms with Gasteiger partial charge in [-0.2, -0.15) is 0 Å². The van der Waals surface area contributed by atoms with Crippen molar-refractivity contribution in [1.29, 1.82) is 0 Å². The zero-order valence-corrected chi connectivity index (χ0v) is 13.8. The van der Waals surface area contributed by atoms with Crippen molar-refractivity contribution in [2.75, 3.05) is 11.9 Å². The van der Waals surface area contributed by atoms with Crippen molar-refractivity contribution in [3.8, 4) is 0 Å². The summed E-state index contributed by atoms with van der Waals surface area (Å²) in [7, 11) is 0. The molecule has 0 saturated carbocycles. The molecule has 0 spiro atoms. The molecule has 1 heterocycles. The number of rotatable bonds is 6. The number of carboxylic acids is 1. The largest absolute Gasteiger partial charge is 0.481 e. The van der Waals surface area contributed by atoms with Crippen LogP contribution in [0.2, 0.25) is 0 Å². The molecule has 2 amide bonds. The molecule has 0 fully saturated rings. The summed E-state index contributed by atoms with van der Waals surface area (Å²) < 4.78 is 40.0. The van der Waals surface area contributed by atoms with E-state index in [4.69, 9.17) is 5.11 Å². The Morgan fingerprint density at radius 2 is 1.96 bits per heavy atom. The fraction of sp³-hybridized carbons (Fsp3) is 0.267.